The molecule has 182 valence electrons. The highest BCUT2D eigenvalue weighted by molar-refractivity contribution is 7.10. The van der Waals surface area contributed by atoms with E-state index in [0.29, 0.717) is 17.0 Å². The number of amides is 1. The van der Waals surface area contributed by atoms with Gasteiger partial charge in [0.2, 0.25) is 0 Å². The van der Waals surface area contributed by atoms with Crippen LogP contribution in [0.3, 0.4) is 0 Å². The molecule has 0 saturated carbocycles. The fourth-order valence-corrected chi connectivity index (χ4v) is 5.05. The van der Waals surface area contributed by atoms with Crippen molar-refractivity contribution in [1.29, 1.82) is 0 Å². The molecule has 1 fully saturated rings. The summed E-state index contributed by atoms with van der Waals surface area (Å²) in [5.41, 5.74) is 2.80. The molecule has 6 nitrogen and oxygen atoms in total. The van der Waals surface area contributed by atoms with Gasteiger partial charge in [0.05, 0.1) is 18.2 Å². The van der Waals surface area contributed by atoms with Gasteiger partial charge in [0.15, 0.2) is 0 Å². The highest BCUT2D eigenvalue weighted by Crippen LogP contribution is 2.45. The lowest BCUT2D eigenvalue weighted by Gasteiger charge is -2.25. The Morgan fingerprint density at radius 3 is 2.29 bits per heavy atom. The first-order chi connectivity index (χ1) is 16.5. The Balaban J connectivity index is 1.93. The highest BCUT2D eigenvalue weighted by atomic mass is 32.1. The van der Waals surface area contributed by atoms with Crippen molar-refractivity contribution in [2.45, 2.75) is 32.2 Å². The summed E-state index contributed by atoms with van der Waals surface area (Å²) in [4.78, 5) is 31.0. The van der Waals surface area contributed by atoms with Gasteiger partial charge in [-0.15, -0.1) is 11.3 Å². The topological polar surface area (TPSA) is 70.1 Å². The van der Waals surface area contributed by atoms with E-state index in [0.717, 1.165) is 16.1 Å². The number of Topliss-reactive ketones (excluding diaryl/α,β-unsaturated/α-hetero) is 1. The summed E-state index contributed by atoms with van der Waals surface area (Å²) in [7, 11) is 5.39. The van der Waals surface area contributed by atoms with Crippen LogP contribution in [0.15, 0.2) is 65.6 Å². The van der Waals surface area contributed by atoms with E-state index in [2.05, 4.69) is 20.8 Å². The molecule has 1 atom stereocenters. The number of rotatable bonds is 5. The molecule has 1 saturated heterocycles. The van der Waals surface area contributed by atoms with E-state index in [1.54, 1.807) is 6.07 Å². The standard InChI is InChI=1S/C28H30N2O4S/c1-28(2,3)17-9-14-21(34-6)20(16-17)25(31)23-24(22-8-7-15-35-22)30(27(33)26(23)32)19-12-10-18(11-13-19)29(4)5/h7-16,24,31H,1-6H3/b25-23+. The van der Waals surface area contributed by atoms with Gasteiger partial charge in [0, 0.05) is 30.3 Å². The number of carbonyl (C=O) groups excluding carboxylic acids is 2. The van der Waals surface area contributed by atoms with Gasteiger partial charge in [-0.2, -0.15) is 0 Å². The van der Waals surface area contributed by atoms with Gasteiger partial charge in [-0.05, 0) is 58.8 Å². The quantitative estimate of drug-likeness (QED) is 0.280. The highest BCUT2D eigenvalue weighted by Gasteiger charge is 2.47. The van der Waals surface area contributed by atoms with Gasteiger partial charge in [-0.1, -0.05) is 32.9 Å². The Bertz CT molecular complexity index is 1290. The second-order valence-corrected chi connectivity index (χ2v) is 10.7. The van der Waals surface area contributed by atoms with E-state index in [9.17, 15) is 14.7 Å². The molecular formula is C28H30N2O4S. The zero-order chi connectivity index (χ0) is 25.5. The maximum Gasteiger partial charge on any atom is 0.300 e. The van der Waals surface area contributed by atoms with Crippen molar-refractivity contribution >= 4 is 40.2 Å². The summed E-state index contributed by atoms with van der Waals surface area (Å²) >= 11 is 1.43. The molecule has 0 aliphatic carbocycles. The Kier molecular flexibility index (Phi) is 6.47. The van der Waals surface area contributed by atoms with Crippen molar-refractivity contribution in [2.75, 3.05) is 31.0 Å². The zero-order valence-electron chi connectivity index (χ0n) is 20.8. The molecule has 4 rings (SSSR count). The Labute approximate surface area is 210 Å². The first-order valence-corrected chi connectivity index (χ1v) is 12.2. The third-order valence-corrected chi connectivity index (χ3v) is 7.15. The lowest BCUT2D eigenvalue weighted by molar-refractivity contribution is -0.132. The Morgan fingerprint density at radius 1 is 1.06 bits per heavy atom. The molecule has 1 N–H and O–H groups in total. The molecule has 35 heavy (non-hydrogen) atoms. The number of aliphatic hydroxyl groups is 1. The van der Waals surface area contributed by atoms with Crippen molar-refractivity contribution in [3.05, 3.63) is 81.6 Å². The van der Waals surface area contributed by atoms with Gasteiger partial charge < -0.3 is 14.7 Å². The summed E-state index contributed by atoms with van der Waals surface area (Å²) < 4.78 is 5.52. The maximum atomic E-state index is 13.4. The minimum absolute atomic E-state index is 0.0542. The second-order valence-electron chi connectivity index (χ2n) is 9.76. The number of nitrogens with zero attached hydrogens (tertiary/aromatic N) is 2. The lowest BCUT2D eigenvalue weighted by Crippen LogP contribution is -2.29. The normalized spacial score (nSPS) is 17.7. The summed E-state index contributed by atoms with van der Waals surface area (Å²) in [5.74, 6) is -1.20. The number of methoxy groups -OCH3 is 1. The van der Waals surface area contributed by atoms with Gasteiger partial charge in [0.1, 0.15) is 17.6 Å². The Morgan fingerprint density at radius 2 is 1.74 bits per heavy atom. The molecule has 1 unspecified atom stereocenters. The molecule has 7 heteroatoms. The molecule has 0 bridgehead atoms. The summed E-state index contributed by atoms with van der Waals surface area (Å²) in [6.07, 6.45) is 0. The fraction of sp³-hybridized carbons (Fsp3) is 0.286. The van der Waals surface area contributed by atoms with E-state index in [-0.39, 0.29) is 16.7 Å². The average Bonchev–Trinajstić information content (AvgIpc) is 3.44. The number of hydrogen-bond acceptors (Lipinski definition) is 6. The first kappa shape index (κ1) is 24.5. The average molecular weight is 491 g/mol. The van der Waals surface area contributed by atoms with Gasteiger partial charge >= 0.3 is 0 Å². The number of carbonyl (C=O) groups is 2. The van der Waals surface area contributed by atoms with Gasteiger partial charge in [-0.3, -0.25) is 14.5 Å². The van der Waals surface area contributed by atoms with E-state index in [4.69, 9.17) is 4.74 Å². The largest absolute Gasteiger partial charge is 0.507 e. The predicted molar refractivity (Wildman–Crippen MR) is 142 cm³/mol. The minimum atomic E-state index is -0.747. The zero-order valence-corrected chi connectivity index (χ0v) is 21.6. The third kappa shape index (κ3) is 4.44. The Hall–Kier alpha value is -3.58. The number of thiophene rings is 1. The van der Waals surface area contributed by atoms with Crippen LogP contribution in [-0.2, 0) is 15.0 Å². The summed E-state index contributed by atoms with van der Waals surface area (Å²) in [6, 6.07) is 16.0. The summed E-state index contributed by atoms with van der Waals surface area (Å²) in [5, 5.41) is 13.5. The van der Waals surface area contributed by atoms with Crippen LogP contribution >= 0.6 is 11.3 Å². The number of anilines is 2. The van der Waals surface area contributed by atoms with E-state index in [1.165, 1.54) is 23.3 Å². The molecule has 3 aromatic rings. The fourth-order valence-electron chi connectivity index (χ4n) is 4.23. The molecular weight excluding hydrogens is 460 g/mol. The van der Waals surface area contributed by atoms with Crippen LogP contribution in [0.1, 0.15) is 42.8 Å². The molecule has 2 heterocycles. The van der Waals surface area contributed by atoms with Crippen molar-refractivity contribution in [3.63, 3.8) is 0 Å². The molecule has 2 aromatic carbocycles. The molecule has 1 aliphatic heterocycles. The van der Waals surface area contributed by atoms with Crippen LogP contribution in [0.4, 0.5) is 11.4 Å². The third-order valence-electron chi connectivity index (χ3n) is 6.22. The molecule has 1 aromatic heterocycles. The van der Waals surface area contributed by atoms with Crippen LogP contribution in [0, 0.1) is 0 Å². The van der Waals surface area contributed by atoms with Crippen LogP contribution < -0.4 is 14.5 Å². The van der Waals surface area contributed by atoms with Gasteiger partial charge in [-0.25, -0.2) is 0 Å². The molecule has 1 amide bonds. The van der Waals surface area contributed by atoms with E-state index in [1.807, 2.05) is 72.9 Å². The van der Waals surface area contributed by atoms with E-state index < -0.39 is 17.7 Å². The van der Waals surface area contributed by atoms with Crippen molar-refractivity contribution in [1.82, 2.24) is 0 Å². The van der Waals surface area contributed by atoms with E-state index >= 15 is 0 Å². The van der Waals surface area contributed by atoms with Crippen molar-refractivity contribution < 1.29 is 19.4 Å². The number of benzene rings is 2. The van der Waals surface area contributed by atoms with Crippen LogP contribution in [0.5, 0.6) is 5.75 Å². The van der Waals surface area contributed by atoms with Crippen LogP contribution in [0.2, 0.25) is 0 Å². The van der Waals surface area contributed by atoms with Gasteiger partial charge in [0.25, 0.3) is 11.7 Å². The second kappa shape index (κ2) is 9.23. The number of ketones is 1. The first-order valence-electron chi connectivity index (χ1n) is 11.3. The number of ether oxygens (including phenoxy) is 1. The SMILES string of the molecule is COc1ccc(C(C)(C)C)cc1/C(O)=C1\C(=O)C(=O)N(c2ccc(N(C)C)cc2)C1c1cccs1. The monoisotopic (exact) mass is 490 g/mol. The molecule has 1 aliphatic rings. The molecule has 0 radical (unpaired) electrons. The maximum absolute atomic E-state index is 13.4. The van der Waals surface area contributed by atoms with Crippen LogP contribution in [-0.4, -0.2) is 38.0 Å². The lowest BCUT2D eigenvalue weighted by atomic mass is 9.85. The van der Waals surface area contributed by atoms with Crippen molar-refractivity contribution in [3.8, 4) is 5.75 Å². The number of aliphatic hydroxyl groups excluding tert-OH is 1. The summed E-state index contributed by atoms with van der Waals surface area (Å²) in [6.45, 7) is 6.21. The van der Waals surface area contributed by atoms with Crippen molar-refractivity contribution in [2.24, 2.45) is 0 Å². The smallest absolute Gasteiger partial charge is 0.300 e. The van der Waals surface area contributed by atoms with Crippen LogP contribution in [0.25, 0.3) is 5.76 Å². The minimum Gasteiger partial charge on any atom is -0.507 e. The predicted octanol–water partition coefficient (Wildman–Crippen LogP) is 5.75. The number of hydrogen-bond donors (Lipinski definition) is 1. The molecule has 0 spiro atoms.